The largest absolute Gasteiger partial charge is 0.389 e. The minimum Gasteiger partial charge on any atom is -0.389 e. The molecule has 4 nitrogen and oxygen atoms in total. The van der Waals surface area contributed by atoms with Gasteiger partial charge in [-0.3, -0.25) is 0 Å². The van der Waals surface area contributed by atoms with Crippen LogP contribution in [0.15, 0.2) is 23.1 Å². The summed E-state index contributed by atoms with van der Waals surface area (Å²) >= 11 is 0. The predicted molar refractivity (Wildman–Crippen MR) is 64.9 cm³/mol. The van der Waals surface area contributed by atoms with E-state index in [9.17, 15) is 22.3 Å². The van der Waals surface area contributed by atoms with Gasteiger partial charge in [-0.05, 0) is 37.8 Å². The highest BCUT2D eigenvalue weighted by molar-refractivity contribution is 7.89. The third-order valence-electron chi connectivity index (χ3n) is 3.26. The molecule has 1 aliphatic rings. The first kappa shape index (κ1) is 14.4. The van der Waals surface area contributed by atoms with Gasteiger partial charge >= 0.3 is 0 Å². The van der Waals surface area contributed by atoms with Crippen molar-refractivity contribution >= 4 is 10.0 Å². The van der Waals surface area contributed by atoms with E-state index in [2.05, 4.69) is 4.72 Å². The van der Waals surface area contributed by atoms with Crippen LogP contribution in [0, 0.1) is 17.6 Å². The van der Waals surface area contributed by atoms with E-state index in [4.69, 9.17) is 0 Å². The van der Waals surface area contributed by atoms with Gasteiger partial charge in [-0.15, -0.1) is 0 Å². The molecule has 0 radical (unpaired) electrons. The first-order valence-corrected chi connectivity index (χ1v) is 7.38. The van der Waals surface area contributed by atoms with Crippen molar-refractivity contribution in [1.82, 2.24) is 4.72 Å². The van der Waals surface area contributed by atoms with E-state index in [-0.39, 0.29) is 12.5 Å². The first-order valence-electron chi connectivity index (χ1n) is 5.90. The Morgan fingerprint density at radius 2 is 1.89 bits per heavy atom. The summed E-state index contributed by atoms with van der Waals surface area (Å²) in [6.45, 7) is 1.23. The van der Waals surface area contributed by atoms with E-state index < -0.39 is 32.2 Å². The SMILES string of the molecule is CC(O)(CNS(=O)(=O)c1c(F)cccc1F)C1CC1. The molecule has 1 atom stereocenters. The van der Waals surface area contributed by atoms with E-state index in [1.807, 2.05) is 0 Å². The van der Waals surface area contributed by atoms with Gasteiger partial charge in [0, 0.05) is 6.54 Å². The highest BCUT2D eigenvalue weighted by Gasteiger charge is 2.40. The third-order valence-corrected chi connectivity index (χ3v) is 4.72. The average Bonchev–Trinajstić information content (AvgIpc) is 3.10. The second-order valence-electron chi connectivity index (χ2n) is 5.01. The van der Waals surface area contributed by atoms with Crippen molar-refractivity contribution in [2.75, 3.05) is 6.54 Å². The van der Waals surface area contributed by atoms with E-state index in [1.165, 1.54) is 6.92 Å². The zero-order valence-electron chi connectivity index (χ0n) is 10.4. The number of benzene rings is 1. The van der Waals surface area contributed by atoms with Crippen LogP contribution in [0.25, 0.3) is 0 Å². The minimum atomic E-state index is -4.32. The summed E-state index contributed by atoms with van der Waals surface area (Å²) in [7, 11) is -4.32. The van der Waals surface area contributed by atoms with E-state index in [0.29, 0.717) is 0 Å². The smallest absolute Gasteiger partial charge is 0.246 e. The Bertz CT molecular complexity index is 562. The second kappa shape index (κ2) is 4.81. The highest BCUT2D eigenvalue weighted by Crippen LogP contribution is 2.39. The van der Waals surface area contributed by atoms with Gasteiger partial charge in [-0.25, -0.2) is 21.9 Å². The van der Waals surface area contributed by atoms with E-state index in [1.54, 1.807) is 0 Å². The lowest BCUT2D eigenvalue weighted by atomic mass is 10.0. The summed E-state index contributed by atoms with van der Waals surface area (Å²) < 4.78 is 52.6. The summed E-state index contributed by atoms with van der Waals surface area (Å²) in [5.74, 6) is -2.28. The quantitative estimate of drug-likeness (QED) is 0.862. The Morgan fingerprint density at radius 1 is 1.37 bits per heavy atom. The van der Waals surface area contributed by atoms with Gasteiger partial charge in [0.15, 0.2) is 4.90 Å². The molecule has 0 spiro atoms. The number of sulfonamides is 1. The highest BCUT2D eigenvalue weighted by atomic mass is 32.2. The molecule has 0 saturated heterocycles. The molecule has 1 fully saturated rings. The van der Waals surface area contributed by atoms with Crippen LogP contribution in [0.4, 0.5) is 8.78 Å². The van der Waals surface area contributed by atoms with Crippen molar-refractivity contribution in [1.29, 1.82) is 0 Å². The zero-order valence-corrected chi connectivity index (χ0v) is 11.2. The standard InChI is InChI=1S/C12H15F2NO3S/c1-12(16,8-5-6-8)7-15-19(17,18)11-9(13)3-2-4-10(11)14/h2-4,8,15-16H,5-7H2,1H3. The average molecular weight is 291 g/mol. The van der Waals surface area contributed by atoms with Crippen LogP contribution in [-0.2, 0) is 10.0 Å². The molecule has 0 amide bonds. The number of nitrogens with one attached hydrogen (secondary N) is 1. The van der Waals surface area contributed by atoms with Crippen molar-refractivity contribution in [3.63, 3.8) is 0 Å². The fourth-order valence-corrected chi connectivity index (χ4v) is 3.18. The van der Waals surface area contributed by atoms with Gasteiger partial charge in [0.1, 0.15) is 11.6 Å². The number of hydrogen-bond donors (Lipinski definition) is 2. The normalized spacial score (nSPS) is 19.2. The lowest BCUT2D eigenvalue weighted by Gasteiger charge is -2.23. The van der Waals surface area contributed by atoms with E-state index >= 15 is 0 Å². The summed E-state index contributed by atoms with van der Waals surface area (Å²) in [6.07, 6.45) is 1.64. The van der Waals surface area contributed by atoms with Gasteiger partial charge < -0.3 is 5.11 Å². The van der Waals surface area contributed by atoms with Crippen molar-refractivity contribution in [3.8, 4) is 0 Å². The van der Waals surface area contributed by atoms with Gasteiger partial charge in [-0.2, -0.15) is 0 Å². The van der Waals surface area contributed by atoms with Crippen LogP contribution >= 0.6 is 0 Å². The Labute approximate surface area is 110 Å². The number of hydrogen-bond acceptors (Lipinski definition) is 3. The number of aliphatic hydroxyl groups is 1. The first-order chi connectivity index (χ1) is 8.74. The molecule has 1 saturated carbocycles. The molecule has 0 aromatic heterocycles. The number of rotatable bonds is 5. The molecule has 1 aromatic carbocycles. The van der Waals surface area contributed by atoms with Crippen molar-refractivity contribution in [3.05, 3.63) is 29.8 Å². The lowest BCUT2D eigenvalue weighted by Crippen LogP contribution is -2.42. The summed E-state index contributed by atoms with van der Waals surface area (Å²) in [5.41, 5.74) is -1.20. The summed E-state index contributed by atoms with van der Waals surface area (Å²) in [4.78, 5) is -1.01. The molecule has 2 rings (SSSR count). The predicted octanol–water partition coefficient (Wildman–Crippen LogP) is 1.40. The topological polar surface area (TPSA) is 66.4 Å². The summed E-state index contributed by atoms with van der Waals surface area (Å²) in [6, 6.07) is 2.83. The maximum atomic E-state index is 13.4. The zero-order chi connectivity index (χ0) is 14.3. The minimum absolute atomic E-state index is 0.0284. The van der Waals surface area contributed by atoms with Gasteiger partial charge in [-0.1, -0.05) is 6.07 Å². The molecule has 0 aliphatic heterocycles. The summed E-state index contributed by atoms with van der Waals surface area (Å²) in [5, 5.41) is 9.99. The van der Waals surface area contributed by atoms with Crippen LogP contribution in [0.2, 0.25) is 0 Å². The molecular formula is C12H15F2NO3S. The van der Waals surface area contributed by atoms with Crippen LogP contribution in [0.3, 0.4) is 0 Å². The molecule has 0 bridgehead atoms. The maximum Gasteiger partial charge on any atom is 0.246 e. The third kappa shape index (κ3) is 3.10. The molecular weight excluding hydrogens is 276 g/mol. The van der Waals surface area contributed by atoms with Crippen molar-refractivity contribution in [2.45, 2.75) is 30.3 Å². The van der Waals surface area contributed by atoms with Crippen molar-refractivity contribution in [2.24, 2.45) is 5.92 Å². The second-order valence-corrected chi connectivity index (χ2v) is 6.71. The number of halogens is 2. The van der Waals surface area contributed by atoms with Crippen LogP contribution in [-0.4, -0.2) is 25.7 Å². The Morgan fingerprint density at radius 3 is 2.37 bits per heavy atom. The molecule has 19 heavy (non-hydrogen) atoms. The van der Waals surface area contributed by atoms with Gasteiger partial charge in [0.25, 0.3) is 0 Å². The molecule has 1 unspecified atom stereocenters. The molecule has 2 N–H and O–H groups in total. The van der Waals surface area contributed by atoms with Gasteiger partial charge in [0.2, 0.25) is 10.0 Å². The fourth-order valence-electron chi connectivity index (χ4n) is 1.90. The molecule has 0 heterocycles. The Hall–Kier alpha value is -1.05. The van der Waals surface area contributed by atoms with Crippen LogP contribution in [0.1, 0.15) is 19.8 Å². The fraction of sp³-hybridized carbons (Fsp3) is 0.500. The van der Waals surface area contributed by atoms with Crippen LogP contribution in [0.5, 0.6) is 0 Å². The Kier molecular flexibility index (Phi) is 3.63. The lowest BCUT2D eigenvalue weighted by molar-refractivity contribution is 0.0422. The van der Waals surface area contributed by atoms with E-state index in [0.717, 1.165) is 31.0 Å². The van der Waals surface area contributed by atoms with Crippen LogP contribution < -0.4 is 4.72 Å². The van der Waals surface area contributed by atoms with Gasteiger partial charge in [0.05, 0.1) is 5.60 Å². The maximum absolute atomic E-state index is 13.4. The Balaban J connectivity index is 2.19. The van der Waals surface area contributed by atoms with Crippen molar-refractivity contribution < 1.29 is 22.3 Å². The molecule has 1 aromatic rings. The molecule has 7 heteroatoms. The monoisotopic (exact) mass is 291 g/mol. The molecule has 106 valence electrons. The molecule has 1 aliphatic carbocycles.